The third-order valence-corrected chi connectivity index (χ3v) is 2.05. The molecule has 0 N–H and O–H groups in total. The molecule has 0 saturated heterocycles. The number of amides is 1. The van der Waals surface area contributed by atoms with Gasteiger partial charge in [-0.2, -0.15) is 5.26 Å². The van der Waals surface area contributed by atoms with Crippen LogP contribution < -0.4 is 0 Å². The lowest BCUT2D eigenvalue weighted by atomic mass is 10.3. The fourth-order valence-corrected chi connectivity index (χ4v) is 1.36. The predicted molar refractivity (Wildman–Crippen MR) is 58.8 cm³/mol. The van der Waals surface area contributed by atoms with Crippen molar-refractivity contribution in [2.24, 2.45) is 0 Å². The average molecular weight is 239 g/mol. The number of hydrogen-bond acceptors (Lipinski definition) is 4. The second-order valence-electron chi connectivity index (χ2n) is 3.11. The molecule has 0 aliphatic heterocycles. The molecule has 1 rings (SSSR count). The van der Waals surface area contributed by atoms with E-state index in [1.807, 2.05) is 13.0 Å². The molecule has 0 aliphatic rings. The Morgan fingerprint density at radius 3 is 2.94 bits per heavy atom. The SMILES string of the molecule is CCCN(CC#N)C(=O)c1cncc(Cl)n1. The summed E-state index contributed by atoms with van der Waals surface area (Å²) in [5.74, 6) is -0.321. The highest BCUT2D eigenvalue weighted by Crippen LogP contribution is 2.06. The quantitative estimate of drug-likeness (QED) is 0.746. The van der Waals surface area contributed by atoms with E-state index < -0.39 is 0 Å². The molecule has 1 heterocycles. The van der Waals surface area contributed by atoms with Crippen LogP contribution in [0.25, 0.3) is 0 Å². The van der Waals surface area contributed by atoms with E-state index in [4.69, 9.17) is 16.9 Å². The molecular weight excluding hydrogens is 228 g/mol. The summed E-state index contributed by atoms with van der Waals surface area (Å²) in [7, 11) is 0. The van der Waals surface area contributed by atoms with Gasteiger partial charge in [0.2, 0.25) is 0 Å². The molecule has 1 amide bonds. The van der Waals surface area contributed by atoms with Crippen LogP contribution in [0.4, 0.5) is 0 Å². The summed E-state index contributed by atoms with van der Waals surface area (Å²) in [6.07, 6.45) is 3.47. The minimum atomic E-state index is -0.321. The van der Waals surface area contributed by atoms with Crippen molar-refractivity contribution >= 4 is 17.5 Å². The molecule has 0 spiro atoms. The van der Waals surface area contributed by atoms with E-state index in [9.17, 15) is 4.79 Å². The van der Waals surface area contributed by atoms with Crippen LogP contribution in [0.5, 0.6) is 0 Å². The monoisotopic (exact) mass is 238 g/mol. The Kier molecular flexibility index (Phi) is 4.67. The first-order valence-electron chi connectivity index (χ1n) is 4.82. The van der Waals surface area contributed by atoms with Crippen molar-refractivity contribution < 1.29 is 4.79 Å². The fourth-order valence-electron chi connectivity index (χ4n) is 1.21. The average Bonchev–Trinajstić information content (AvgIpc) is 2.28. The Bertz CT molecular complexity index is 416. The molecule has 0 atom stereocenters. The van der Waals surface area contributed by atoms with Gasteiger partial charge in [-0.15, -0.1) is 0 Å². The molecule has 0 aromatic carbocycles. The van der Waals surface area contributed by atoms with Crippen LogP contribution >= 0.6 is 11.6 Å². The van der Waals surface area contributed by atoms with Gasteiger partial charge in [-0.05, 0) is 6.42 Å². The number of halogens is 1. The summed E-state index contributed by atoms with van der Waals surface area (Å²) in [6, 6.07) is 1.94. The number of nitriles is 1. The van der Waals surface area contributed by atoms with Crippen molar-refractivity contribution in [3.8, 4) is 6.07 Å². The molecule has 0 radical (unpaired) electrons. The Morgan fingerprint density at radius 2 is 2.38 bits per heavy atom. The van der Waals surface area contributed by atoms with E-state index >= 15 is 0 Å². The Hall–Kier alpha value is -1.67. The van der Waals surface area contributed by atoms with E-state index in [1.54, 1.807) is 0 Å². The van der Waals surface area contributed by atoms with Crippen LogP contribution in [0.1, 0.15) is 23.8 Å². The largest absolute Gasteiger partial charge is 0.324 e. The zero-order chi connectivity index (χ0) is 12.0. The standard InChI is InChI=1S/C10H11ClN4O/c1-2-4-15(5-3-12)10(16)8-6-13-7-9(11)14-8/h6-7H,2,4-5H2,1H3. The van der Waals surface area contributed by atoms with Crippen molar-refractivity contribution in [3.05, 3.63) is 23.2 Å². The van der Waals surface area contributed by atoms with Crippen LogP contribution in [0, 0.1) is 11.3 Å². The first kappa shape index (κ1) is 12.4. The van der Waals surface area contributed by atoms with Gasteiger partial charge in [-0.25, -0.2) is 4.98 Å². The molecule has 6 heteroatoms. The van der Waals surface area contributed by atoms with Crippen molar-refractivity contribution in [2.45, 2.75) is 13.3 Å². The van der Waals surface area contributed by atoms with Gasteiger partial charge in [-0.1, -0.05) is 18.5 Å². The maximum absolute atomic E-state index is 11.9. The van der Waals surface area contributed by atoms with Crippen molar-refractivity contribution in [3.63, 3.8) is 0 Å². The topological polar surface area (TPSA) is 69.9 Å². The third kappa shape index (κ3) is 3.17. The molecule has 1 aromatic heterocycles. The second-order valence-corrected chi connectivity index (χ2v) is 3.50. The first-order chi connectivity index (χ1) is 7.69. The predicted octanol–water partition coefficient (Wildman–Crippen LogP) is 1.51. The maximum Gasteiger partial charge on any atom is 0.274 e. The third-order valence-electron chi connectivity index (χ3n) is 1.87. The van der Waals surface area contributed by atoms with Gasteiger partial charge in [-0.3, -0.25) is 9.78 Å². The molecule has 84 valence electrons. The number of carbonyl (C=O) groups is 1. The lowest BCUT2D eigenvalue weighted by Gasteiger charge is -2.17. The second kappa shape index (κ2) is 6.03. The summed E-state index contributed by atoms with van der Waals surface area (Å²) < 4.78 is 0. The number of aromatic nitrogens is 2. The minimum Gasteiger partial charge on any atom is -0.324 e. The molecule has 0 unspecified atom stereocenters. The van der Waals surface area contributed by atoms with Crippen molar-refractivity contribution in [2.75, 3.05) is 13.1 Å². The highest BCUT2D eigenvalue weighted by molar-refractivity contribution is 6.29. The number of carbonyl (C=O) groups excluding carboxylic acids is 1. The molecule has 0 saturated carbocycles. The van der Waals surface area contributed by atoms with Crippen LogP contribution in [-0.2, 0) is 0 Å². The number of rotatable bonds is 4. The minimum absolute atomic E-state index is 0.0425. The van der Waals surface area contributed by atoms with Gasteiger partial charge in [0.1, 0.15) is 17.4 Å². The summed E-state index contributed by atoms with van der Waals surface area (Å²) in [6.45, 7) is 2.49. The van der Waals surface area contributed by atoms with Crippen LogP contribution in [-0.4, -0.2) is 33.9 Å². The molecule has 0 aliphatic carbocycles. The van der Waals surface area contributed by atoms with Gasteiger partial charge in [0, 0.05) is 6.54 Å². The summed E-state index contributed by atoms with van der Waals surface area (Å²) in [5.41, 5.74) is 0.163. The lowest BCUT2D eigenvalue weighted by Crippen LogP contribution is -2.32. The molecule has 1 aromatic rings. The molecule has 0 bridgehead atoms. The first-order valence-corrected chi connectivity index (χ1v) is 5.20. The smallest absolute Gasteiger partial charge is 0.274 e. The maximum atomic E-state index is 11.9. The number of hydrogen-bond donors (Lipinski definition) is 0. The van der Waals surface area contributed by atoms with Crippen LogP contribution in [0.2, 0.25) is 5.15 Å². The zero-order valence-electron chi connectivity index (χ0n) is 8.85. The van der Waals surface area contributed by atoms with Gasteiger partial charge in [0.15, 0.2) is 0 Å². The number of nitrogens with zero attached hydrogens (tertiary/aromatic N) is 4. The van der Waals surface area contributed by atoms with Crippen LogP contribution in [0.3, 0.4) is 0 Å². The highest BCUT2D eigenvalue weighted by atomic mass is 35.5. The van der Waals surface area contributed by atoms with E-state index in [0.29, 0.717) is 6.54 Å². The van der Waals surface area contributed by atoms with Crippen molar-refractivity contribution in [1.29, 1.82) is 5.26 Å². The lowest BCUT2D eigenvalue weighted by molar-refractivity contribution is 0.0770. The van der Waals surface area contributed by atoms with E-state index in [0.717, 1.165) is 6.42 Å². The Balaban J connectivity index is 2.86. The van der Waals surface area contributed by atoms with Crippen LogP contribution in [0.15, 0.2) is 12.4 Å². The fraction of sp³-hybridized carbons (Fsp3) is 0.400. The van der Waals surface area contributed by atoms with E-state index in [2.05, 4.69) is 9.97 Å². The van der Waals surface area contributed by atoms with E-state index in [-0.39, 0.29) is 23.3 Å². The summed E-state index contributed by atoms with van der Waals surface area (Å²) >= 11 is 5.64. The molecule has 0 fully saturated rings. The molecular formula is C10H11ClN4O. The van der Waals surface area contributed by atoms with Gasteiger partial charge < -0.3 is 4.90 Å². The molecule has 16 heavy (non-hydrogen) atoms. The summed E-state index contributed by atoms with van der Waals surface area (Å²) in [4.78, 5) is 21.0. The van der Waals surface area contributed by atoms with Gasteiger partial charge >= 0.3 is 0 Å². The normalized spacial score (nSPS) is 9.56. The Labute approximate surface area is 98.7 Å². The Morgan fingerprint density at radius 1 is 1.62 bits per heavy atom. The van der Waals surface area contributed by atoms with E-state index in [1.165, 1.54) is 17.3 Å². The zero-order valence-corrected chi connectivity index (χ0v) is 9.61. The molecule has 5 nitrogen and oxygen atoms in total. The summed E-state index contributed by atoms with van der Waals surface area (Å²) in [5, 5.41) is 8.77. The van der Waals surface area contributed by atoms with Gasteiger partial charge in [0.25, 0.3) is 5.91 Å². The van der Waals surface area contributed by atoms with Gasteiger partial charge in [0.05, 0.1) is 18.5 Å². The van der Waals surface area contributed by atoms with Crippen molar-refractivity contribution in [1.82, 2.24) is 14.9 Å². The highest BCUT2D eigenvalue weighted by Gasteiger charge is 2.16.